The molecule has 1 unspecified atom stereocenters. The van der Waals surface area contributed by atoms with Gasteiger partial charge in [0.1, 0.15) is 0 Å². The Morgan fingerprint density at radius 3 is 2.56 bits per heavy atom. The van der Waals surface area contributed by atoms with Gasteiger partial charge < -0.3 is 10.2 Å². The molecule has 1 aliphatic rings. The fraction of sp³-hybridized carbons (Fsp3) is 0.263. The second-order valence-electron chi connectivity index (χ2n) is 6.04. The lowest BCUT2D eigenvalue weighted by molar-refractivity contribution is -0.122. The van der Waals surface area contributed by atoms with Crippen molar-refractivity contribution in [1.82, 2.24) is 0 Å². The van der Waals surface area contributed by atoms with E-state index in [-0.39, 0.29) is 18.2 Å². The number of aryl methyl sites for hydroxylation is 1. The third kappa shape index (κ3) is 3.97. The van der Waals surface area contributed by atoms with Crippen LogP contribution < -0.4 is 10.2 Å². The van der Waals surface area contributed by atoms with E-state index in [0.717, 1.165) is 17.7 Å². The van der Waals surface area contributed by atoms with Crippen molar-refractivity contribution in [3.05, 3.63) is 58.1 Å². The number of benzene rings is 2. The fourth-order valence-corrected chi connectivity index (χ4v) is 3.59. The maximum atomic E-state index is 12.5. The average molecular weight is 377 g/mol. The molecule has 25 heavy (non-hydrogen) atoms. The van der Waals surface area contributed by atoms with Crippen LogP contribution in [-0.4, -0.2) is 18.4 Å². The minimum atomic E-state index is -0.407. The van der Waals surface area contributed by atoms with Crippen molar-refractivity contribution in [2.45, 2.75) is 19.8 Å². The smallest absolute Gasteiger partial charge is 0.229 e. The normalized spacial score (nSPS) is 17.0. The first-order valence-electron chi connectivity index (χ1n) is 8.13. The molecule has 2 aromatic carbocycles. The van der Waals surface area contributed by atoms with E-state index in [1.807, 2.05) is 31.2 Å². The molecule has 1 heterocycles. The Kier molecular flexibility index (Phi) is 5.30. The van der Waals surface area contributed by atoms with Crippen molar-refractivity contribution in [2.24, 2.45) is 5.92 Å². The summed E-state index contributed by atoms with van der Waals surface area (Å²) in [6, 6.07) is 12.6. The summed E-state index contributed by atoms with van der Waals surface area (Å²) in [6.45, 7) is 2.42. The highest BCUT2D eigenvalue weighted by Crippen LogP contribution is 2.30. The number of anilines is 2. The van der Waals surface area contributed by atoms with Gasteiger partial charge in [-0.15, -0.1) is 0 Å². The van der Waals surface area contributed by atoms with Crippen molar-refractivity contribution >= 4 is 46.4 Å². The van der Waals surface area contributed by atoms with Crippen LogP contribution in [0, 0.1) is 5.92 Å². The Morgan fingerprint density at radius 1 is 1.20 bits per heavy atom. The first kappa shape index (κ1) is 17.8. The van der Waals surface area contributed by atoms with Crippen molar-refractivity contribution in [2.75, 3.05) is 16.8 Å². The van der Waals surface area contributed by atoms with Crippen molar-refractivity contribution in [3.63, 3.8) is 0 Å². The zero-order valence-electron chi connectivity index (χ0n) is 13.8. The monoisotopic (exact) mass is 376 g/mol. The van der Waals surface area contributed by atoms with Crippen molar-refractivity contribution in [1.29, 1.82) is 0 Å². The van der Waals surface area contributed by atoms with Crippen LogP contribution in [0.25, 0.3) is 0 Å². The SMILES string of the molecule is CCc1ccccc1N1CC(C(=O)Nc2cc(Cl)cc(Cl)c2)CC1=O. The van der Waals surface area contributed by atoms with Crippen LogP contribution in [0.3, 0.4) is 0 Å². The van der Waals surface area contributed by atoms with Gasteiger partial charge in [-0.3, -0.25) is 9.59 Å². The molecule has 0 bridgehead atoms. The quantitative estimate of drug-likeness (QED) is 0.850. The number of carbonyl (C=O) groups excluding carboxylic acids is 2. The van der Waals surface area contributed by atoms with Gasteiger partial charge in [-0.05, 0) is 36.2 Å². The number of rotatable bonds is 4. The lowest BCUT2D eigenvalue weighted by atomic mass is 10.1. The van der Waals surface area contributed by atoms with E-state index >= 15 is 0 Å². The highest BCUT2D eigenvalue weighted by Gasteiger charge is 2.35. The molecule has 0 aliphatic carbocycles. The maximum absolute atomic E-state index is 12.5. The fourth-order valence-electron chi connectivity index (χ4n) is 3.06. The van der Waals surface area contributed by atoms with Gasteiger partial charge in [-0.2, -0.15) is 0 Å². The number of nitrogens with one attached hydrogen (secondary N) is 1. The van der Waals surface area contributed by atoms with Crippen LogP contribution in [-0.2, 0) is 16.0 Å². The molecule has 1 N–H and O–H groups in total. The van der Waals surface area contributed by atoms with Crippen LogP contribution in [0.5, 0.6) is 0 Å². The maximum Gasteiger partial charge on any atom is 0.229 e. The molecule has 1 fully saturated rings. The Morgan fingerprint density at radius 2 is 1.88 bits per heavy atom. The van der Waals surface area contributed by atoms with Gasteiger partial charge in [-0.25, -0.2) is 0 Å². The second kappa shape index (κ2) is 7.46. The Labute approximate surface area is 156 Å². The number of nitrogens with zero attached hydrogens (tertiary/aromatic N) is 1. The standard InChI is InChI=1S/C19H18Cl2N2O2/c1-2-12-5-3-4-6-17(12)23-11-13(7-18(23)24)19(25)22-16-9-14(20)8-15(21)10-16/h3-6,8-10,13H,2,7,11H2,1H3,(H,22,25). The molecule has 0 saturated carbocycles. The van der Waals surface area contributed by atoms with Gasteiger partial charge >= 0.3 is 0 Å². The Bertz CT molecular complexity index is 803. The third-order valence-electron chi connectivity index (χ3n) is 4.29. The molecule has 3 rings (SSSR count). The molecule has 0 spiro atoms. The lowest BCUT2D eigenvalue weighted by Gasteiger charge is -2.20. The minimum Gasteiger partial charge on any atom is -0.326 e. The highest BCUT2D eigenvalue weighted by atomic mass is 35.5. The lowest BCUT2D eigenvalue weighted by Crippen LogP contribution is -2.28. The molecule has 2 aromatic rings. The van der Waals surface area contributed by atoms with Gasteiger partial charge in [0, 0.05) is 34.4 Å². The van der Waals surface area contributed by atoms with Crippen molar-refractivity contribution in [3.8, 4) is 0 Å². The summed E-state index contributed by atoms with van der Waals surface area (Å²) >= 11 is 11.9. The van der Waals surface area contributed by atoms with Gasteiger partial charge in [0.15, 0.2) is 0 Å². The largest absolute Gasteiger partial charge is 0.326 e. The van der Waals surface area contributed by atoms with Crippen LogP contribution in [0.1, 0.15) is 18.9 Å². The zero-order chi connectivity index (χ0) is 18.0. The summed E-state index contributed by atoms with van der Waals surface area (Å²) < 4.78 is 0. The zero-order valence-corrected chi connectivity index (χ0v) is 15.3. The number of halogens is 2. The molecule has 2 amide bonds. The summed E-state index contributed by atoms with van der Waals surface area (Å²) in [5.74, 6) is -0.650. The summed E-state index contributed by atoms with van der Waals surface area (Å²) in [5.41, 5.74) is 2.51. The third-order valence-corrected chi connectivity index (χ3v) is 4.73. The first-order valence-corrected chi connectivity index (χ1v) is 8.88. The molecule has 1 atom stereocenters. The summed E-state index contributed by atoms with van der Waals surface area (Å²) in [4.78, 5) is 26.7. The van der Waals surface area contributed by atoms with Crippen molar-refractivity contribution < 1.29 is 9.59 Å². The average Bonchev–Trinajstić information content (AvgIpc) is 2.95. The molecular formula is C19H18Cl2N2O2. The van der Waals surface area contributed by atoms with E-state index in [2.05, 4.69) is 5.32 Å². The summed E-state index contributed by atoms with van der Waals surface area (Å²) in [7, 11) is 0. The summed E-state index contributed by atoms with van der Waals surface area (Å²) in [5, 5.41) is 3.70. The predicted molar refractivity (Wildman–Crippen MR) is 101 cm³/mol. The van der Waals surface area contributed by atoms with E-state index in [0.29, 0.717) is 22.3 Å². The highest BCUT2D eigenvalue weighted by molar-refractivity contribution is 6.35. The minimum absolute atomic E-state index is 0.0369. The predicted octanol–water partition coefficient (Wildman–Crippen LogP) is 4.55. The number of hydrogen-bond donors (Lipinski definition) is 1. The Balaban J connectivity index is 1.74. The number of hydrogen-bond acceptors (Lipinski definition) is 2. The second-order valence-corrected chi connectivity index (χ2v) is 6.91. The molecular weight excluding hydrogens is 359 g/mol. The molecule has 4 nitrogen and oxygen atoms in total. The molecule has 6 heteroatoms. The van der Waals surface area contributed by atoms with Crippen LogP contribution in [0.4, 0.5) is 11.4 Å². The number of para-hydroxylation sites is 1. The van der Waals surface area contributed by atoms with E-state index < -0.39 is 5.92 Å². The number of carbonyl (C=O) groups is 2. The first-order chi connectivity index (χ1) is 12.0. The van der Waals surface area contributed by atoms with Gasteiger partial charge in [0.2, 0.25) is 11.8 Å². The molecule has 1 saturated heterocycles. The Hall–Kier alpha value is -2.04. The van der Waals surface area contributed by atoms with Crippen LogP contribution in [0.2, 0.25) is 10.0 Å². The van der Waals surface area contributed by atoms with E-state index in [9.17, 15) is 9.59 Å². The van der Waals surface area contributed by atoms with E-state index in [1.54, 1.807) is 23.1 Å². The van der Waals surface area contributed by atoms with Crippen LogP contribution >= 0.6 is 23.2 Å². The van der Waals surface area contributed by atoms with Crippen LogP contribution in [0.15, 0.2) is 42.5 Å². The molecule has 130 valence electrons. The molecule has 0 radical (unpaired) electrons. The number of amides is 2. The topological polar surface area (TPSA) is 49.4 Å². The van der Waals surface area contributed by atoms with Gasteiger partial charge in [-0.1, -0.05) is 48.3 Å². The van der Waals surface area contributed by atoms with E-state index in [4.69, 9.17) is 23.2 Å². The van der Waals surface area contributed by atoms with Gasteiger partial charge in [0.25, 0.3) is 0 Å². The van der Waals surface area contributed by atoms with E-state index in [1.165, 1.54) is 0 Å². The summed E-state index contributed by atoms with van der Waals surface area (Å²) in [6.07, 6.45) is 1.02. The van der Waals surface area contributed by atoms with Gasteiger partial charge in [0.05, 0.1) is 5.92 Å². The molecule has 0 aromatic heterocycles. The molecule has 1 aliphatic heterocycles.